The molecule has 20 heavy (non-hydrogen) atoms. The molecule has 5 heteroatoms. The van der Waals surface area contributed by atoms with Gasteiger partial charge in [-0.3, -0.25) is 4.79 Å². The number of carbonyl (C=O) groups is 1. The lowest BCUT2D eigenvalue weighted by Crippen LogP contribution is -2.31. The summed E-state index contributed by atoms with van der Waals surface area (Å²) < 4.78 is 15.9. The third-order valence-electron chi connectivity index (χ3n) is 2.39. The molecule has 0 spiro atoms. The van der Waals surface area contributed by atoms with Crippen LogP contribution in [-0.4, -0.2) is 39.4 Å². The van der Waals surface area contributed by atoms with E-state index in [0.29, 0.717) is 31.4 Å². The molecule has 1 aromatic carbocycles. The molecule has 0 aliphatic carbocycles. The summed E-state index contributed by atoms with van der Waals surface area (Å²) in [6.45, 7) is 5.79. The Balaban J connectivity index is 2.36. The van der Waals surface area contributed by atoms with E-state index >= 15 is 0 Å². The summed E-state index contributed by atoms with van der Waals surface area (Å²) in [5.74, 6) is 1.66. The van der Waals surface area contributed by atoms with Crippen molar-refractivity contribution >= 4 is 5.91 Å². The van der Waals surface area contributed by atoms with Crippen LogP contribution in [0.4, 0.5) is 0 Å². The van der Waals surface area contributed by atoms with Crippen molar-refractivity contribution in [2.75, 3.05) is 33.5 Å². The molecule has 0 bridgehead atoms. The lowest BCUT2D eigenvalue weighted by atomic mass is 10.2. The second kappa shape index (κ2) is 9.20. The van der Waals surface area contributed by atoms with Gasteiger partial charge < -0.3 is 19.5 Å². The first-order valence-corrected chi connectivity index (χ1v) is 6.73. The van der Waals surface area contributed by atoms with Crippen LogP contribution in [0.25, 0.3) is 0 Å². The molecule has 0 unspecified atom stereocenters. The van der Waals surface area contributed by atoms with Gasteiger partial charge in [0.25, 0.3) is 5.91 Å². The van der Waals surface area contributed by atoms with Crippen molar-refractivity contribution in [3.05, 3.63) is 24.3 Å². The summed E-state index contributed by atoms with van der Waals surface area (Å²) in [5, 5.41) is 2.69. The molecule has 0 fully saturated rings. The van der Waals surface area contributed by atoms with Crippen molar-refractivity contribution in [2.24, 2.45) is 5.92 Å². The summed E-state index contributed by atoms with van der Waals surface area (Å²) in [5.41, 5.74) is 0. The second-order valence-electron chi connectivity index (χ2n) is 4.81. The Morgan fingerprint density at radius 2 is 1.95 bits per heavy atom. The first-order chi connectivity index (χ1) is 9.61. The fourth-order valence-corrected chi connectivity index (χ4v) is 1.41. The number of amides is 1. The molecule has 0 heterocycles. The minimum absolute atomic E-state index is 0.0165. The Labute approximate surface area is 120 Å². The van der Waals surface area contributed by atoms with Crippen LogP contribution >= 0.6 is 0 Å². The summed E-state index contributed by atoms with van der Waals surface area (Å²) in [4.78, 5) is 11.5. The Kier molecular flexibility index (Phi) is 7.50. The zero-order valence-corrected chi connectivity index (χ0v) is 12.3. The smallest absolute Gasteiger partial charge is 0.258 e. The third-order valence-corrected chi connectivity index (χ3v) is 2.39. The number of benzene rings is 1. The molecule has 5 nitrogen and oxygen atoms in total. The van der Waals surface area contributed by atoms with Gasteiger partial charge in [-0.05, 0) is 18.1 Å². The molecular formula is C15H23NO4. The van der Waals surface area contributed by atoms with Gasteiger partial charge in [0.1, 0.15) is 11.5 Å². The van der Waals surface area contributed by atoms with Crippen LogP contribution in [0.15, 0.2) is 24.3 Å². The first-order valence-electron chi connectivity index (χ1n) is 6.73. The number of nitrogens with one attached hydrogen (secondary N) is 1. The third kappa shape index (κ3) is 6.99. The second-order valence-corrected chi connectivity index (χ2v) is 4.81. The predicted octanol–water partition coefficient (Wildman–Crippen LogP) is 1.86. The first kappa shape index (κ1) is 16.3. The maximum absolute atomic E-state index is 11.5. The topological polar surface area (TPSA) is 56.8 Å². The molecule has 0 aliphatic heterocycles. The maximum atomic E-state index is 11.5. The normalized spacial score (nSPS) is 10.4. The molecule has 1 N–H and O–H groups in total. The van der Waals surface area contributed by atoms with Crippen molar-refractivity contribution in [2.45, 2.75) is 13.8 Å². The zero-order valence-electron chi connectivity index (χ0n) is 12.3. The molecule has 112 valence electrons. The van der Waals surface area contributed by atoms with Crippen LogP contribution in [0.5, 0.6) is 11.5 Å². The van der Waals surface area contributed by atoms with E-state index in [1.807, 2.05) is 12.1 Å². The molecule has 0 atom stereocenters. The van der Waals surface area contributed by atoms with Gasteiger partial charge in [-0.25, -0.2) is 0 Å². The van der Waals surface area contributed by atoms with E-state index < -0.39 is 0 Å². The van der Waals surface area contributed by atoms with Gasteiger partial charge >= 0.3 is 0 Å². The van der Waals surface area contributed by atoms with E-state index in [1.165, 1.54) is 0 Å². The fraction of sp³-hybridized carbons (Fsp3) is 0.533. The summed E-state index contributed by atoms with van der Waals surface area (Å²) >= 11 is 0. The van der Waals surface area contributed by atoms with Gasteiger partial charge in [-0.1, -0.05) is 19.9 Å². The molecule has 0 saturated heterocycles. The van der Waals surface area contributed by atoms with Crippen molar-refractivity contribution in [1.29, 1.82) is 0 Å². The van der Waals surface area contributed by atoms with Crippen molar-refractivity contribution in [3.63, 3.8) is 0 Å². The van der Waals surface area contributed by atoms with Crippen LogP contribution in [-0.2, 0) is 9.53 Å². The van der Waals surface area contributed by atoms with Crippen molar-refractivity contribution in [1.82, 2.24) is 5.32 Å². The number of ether oxygens (including phenoxy) is 3. The van der Waals surface area contributed by atoms with Crippen LogP contribution in [0.1, 0.15) is 13.8 Å². The van der Waals surface area contributed by atoms with Gasteiger partial charge in [0.2, 0.25) is 0 Å². The number of methoxy groups -OCH3 is 1. The molecule has 0 radical (unpaired) electrons. The molecule has 0 aromatic heterocycles. The Bertz CT molecular complexity index is 407. The Hall–Kier alpha value is -1.75. The molecule has 1 aromatic rings. The number of rotatable bonds is 9. The SMILES string of the molecule is COCCNC(=O)COc1cccc(OCC(C)C)c1. The fourth-order valence-electron chi connectivity index (χ4n) is 1.41. The van der Waals surface area contributed by atoms with E-state index in [2.05, 4.69) is 19.2 Å². The average molecular weight is 281 g/mol. The van der Waals surface area contributed by atoms with Gasteiger partial charge in [-0.2, -0.15) is 0 Å². The van der Waals surface area contributed by atoms with E-state index in [9.17, 15) is 4.79 Å². The largest absolute Gasteiger partial charge is 0.493 e. The van der Waals surface area contributed by atoms with Crippen molar-refractivity contribution < 1.29 is 19.0 Å². The summed E-state index contributed by atoms with van der Waals surface area (Å²) in [6.07, 6.45) is 0. The molecular weight excluding hydrogens is 258 g/mol. The highest BCUT2D eigenvalue weighted by molar-refractivity contribution is 5.77. The summed E-state index contributed by atoms with van der Waals surface area (Å²) in [6, 6.07) is 7.29. The van der Waals surface area contributed by atoms with Crippen molar-refractivity contribution in [3.8, 4) is 11.5 Å². The molecule has 1 amide bonds. The summed E-state index contributed by atoms with van der Waals surface area (Å²) in [7, 11) is 1.59. The van der Waals surface area contributed by atoms with Crippen LogP contribution in [0.3, 0.4) is 0 Å². The minimum atomic E-state index is -0.171. The lowest BCUT2D eigenvalue weighted by Gasteiger charge is -2.11. The minimum Gasteiger partial charge on any atom is -0.493 e. The van der Waals surface area contributed by atoms with E-state index in [4.69, 9.17) is 14.2 Å². The van der Waals surface area contributed by atoms with Gasteiger partial charge in [0.05, 0.1) is 13.2 Å². The van der Waals surface area contributed by atoms with E-state index in [-0.39, 0.29) is 12.5 Å². The van der Waals surface area contributed by atoms with Crippen LogP contribution < -0.4 is 14.8 Å². The Morgan fingerprint density at radius 3 is 2.60 bits per heavy atom. The highest BCUT2D eigenvalue weighted by Gasteiger charge is 2.03. The highest BCUT2D eigenvalue weighted by Crippen LogP contribution is 2.19. The van der Waals surface area contributed by atoms with Crippen LogP contribution in [0.2, 0.25) is 0 Å². The number of carbonyl (C=O) groups excluding carboxylic acids is 1. The Morgan fingerprint density at radius 1 is 1.25 bits per heavy atom. The quantitative estimate of drug-likeness (QED) is 0.702. The molecule has 1 rings (SSSR count). The maximum Gasteiger partial charge on any atom is 0.258 e. The van der Waals surface area contributed by atoms with Gasteiger partial charge in [0.15, 0.2) is 6.61 Å². The number of hydrogen-bond donors (Lipinski definition) is 1. The van der Waals surface area contributed by atoms with Crippen LogP contribution in [0, 0.1) is 5.92 Å². The highest BCUT2D eigenvalue weighted by atomic mass is 16.5. The molecule has 0 saturated carbocycles. The molecule has 0 aliphatic rings. The zero-order chi connectivity index (χ0) is 14.8. The standard InChI is InChI=1S/C15H23NO4/c1-12(2)10-19-13-5-4-6-14(9-13)20-11-15(17)16-7-8-18-3/h4-6,9,12H,7-8,10-11H2,1-3H3,(H,16,17). The van der Waals surface area contributed by atoms with Gasteiger partial charge in [-0.15, -0.1) is 0 Å². The van der Waals surface area contributed by atoms with E-state index in [0.717, 1.165) is 5.75 Å². The number of hydrogen-bond acceptors (Lipinski definition) is 4. The lowest BCUT2D eigenvalue weighted by molar-refractivity contribution is -0.123. The van der Waals surface area contributed by atoms with E-state index in [1.54, 1.807) is 19.2 Å². The average Bonchev–Trinajstić information content (AvgIpc) is 2.44. The van der Waals surface area contributed by atoms with Gasteiger partial charge in [0, 0.05) is 19.7 Å². The monoisotopic (exact) mass is 281 g/mol. The predicted molar refractivity (Wildman–Crippen MR) is 77.2 cm³/mol.